The summed E-state index contributed by atoms with van der Waals surface area (Å²) in [7, 11) is 0. The Bertz CT molecular complexity index is 400. The van der Waals surface area contributed by atoms with Crippen molar-refractivity contribution in [2.45, 2.75) is 19.0 Å². The van der Waals surface area contributed by atoms with Crippen molar-refractivity contribution in [2.75, 3.05) is 32.8 Å². The molecule has 1 atom stereocenters. The van der Waals surface area contributed by atoms with Gasteiger partial charge in [0.1, 0.15) is 6.33 Å². The first kappa shape index (κ1) is 15.2. The van der Waals surface area contributed by atoms with Crippen LogP contribution in [0.3, 0.4) is 0 Å². The van der Waals surface area contributed by atoms with E-state index in [0.29, 0.717) is 32.7 Å². The molecule has 1 fully saturated rings. The molecule has 2 heterocycles. The van der Waals surface area contributed by atoms with Crippen LogP contribution < -0.4 is 0 Å². The Hall–Kier alpha value is -1.21. The van der Waals surface area contributed by atoms with Gasteiger partial charge in [-0.1, -0.05) is 0 Å². The summed E-state index contributed by atoms with van der Waals surface area (Å²) in [5, 5.41) is 0. The monoisotopic (exact) mass is 289 g/mol. The molecule has 2 rings (SSSR count). The molecule has 7 heteroatoms. The predicted molar refractivity (Wildman–Crippen MR) is 67.2 cm³/mol. The quantitative estimate of drug-likeness (QED) is 0.849. The number of hydrogen-bond acceptors (Lipinski definition) is 4. The van der Waals surface area contributed by atoms with Gasteiger partial charge in [0.15, 0.2) is 0 Å². The first-order chi connectivity index (χ1) is 9.53. The Balaban J connectivity index is 1.86. The van der Waals surface area contributed by atoms with Crippen LogP contribution in [-0.4, -0.2) is 53.9 Å². The van der Waals surface area contributed by atoms with Crippen molar-refractivity contribution in [2.24, 2.45) is 5.92 Å². The van der Waals surface area contributed by atoms with Crippen LogP contribution in [0.2, 0.25) is 0 Å². The third-order valence-corrected chi connectivity index (χ3v) is 3.27. The topological polar surface area (TPSA) is 38.2 Å². The molecule has 1 aliphatic rings. The molecule has 1 aromatic heterocycles. The van der Waals surface area contributed by atoms with Crippen LogP contribution in [-0.2, 0) is 11.2 Å². The van der Waals surface area contributed by atoms with E-state index >= 15 is 0 Å². The standard InChI is InChI=1S/C13H18F3N3O/c14-13(15,16)2-4-19-5-6-20-9-11(8-19)7-12-1-3-17-10-18-12/h1,3,10-11H,2,4-9H2/t11-/m0/s1. The minimum atomic E-state index is -4.10. The molecule has 0 unspecified atom stereocenters. The van der Waals surface area contributed by atoms with Gasteiger partial charge in [-0.05, 0) is 12.5 Å². The Morgan fingerprint density at radius 2 is 2.25 bits per heavy atom. The van der Waals surface area contributed by atoms with Crippen molar-refractivity contribution in [3.8, 4) is 0 Å². The fraction of sp³-hybridized carbons (Fsp3) is 0.692. The third-order valence-electron chi connectivity index (χ3n) is 3.27. The first-order valence-electron chi connectivity index (χ1n) is 6.65. The second kappa shape index (κ2) is 6.99. The zero-order valence-corrected chi connectivity index (χ0v) is 11.1. The van der Waals surface area contributed by atoms with E-state index in [0.717, 1.165) is 5.69 Å². The molecule has 0 spiro atoms. The highest BCUT2D eigenvalue weighted by Crippen LogP contribution is 2.21. The van der Waals surface area contributed by atoms with Gasteiger partial charge in [0.05, 0.1) is 19.6 Å². The molecule has 112 valence electrons. The number of ether oxygens (including phenoxy) is 1. The normalized spacial score (nSPS) is 21.6. The zero-order chi connectivity index (χ0) is 14.4. The second-order valence-electron chi connectivity index (χ2n) is 5.01. The van der Waals surface area contributed by atoms with Gasteiger partial charge in [-0.2, -0.15) is 13.2 Å². The van der Waals surface area contributed by atoms with Gasteiger partial charge < -0.3 is 9.64 Å². The van der Waals surface area contributed by atoms with Crippen LogP contribution in [0.5, 0.6) is 0 Å². The van der Waals surface area contributed by atoms with Gasteiger partial charge in [-0.25, -0.2) is 9.97 Å². The minimum Gasteiger partial charge on any atom is -0.380 e. The fourth-order valence-corrected chi connectivity index (χ4v) is 2.30. The summed E-state index contributed by atoms with van der Waals surface area (Å²) in [5.41, 5.74) is 0.895. The Morgan fingerprint density at radius 1 is 1.40 bits per heavy atom. The van der Waals surface area contributed by atoms with Gasteiger partial charge in [0.2, 0.25) is 0 Å². The van der Waals surface area contributed by atoms with Gasteiger partial charge in [-0.3, -0.25) is 0 Å². The molecule has 0 aliphatic carbocycles. The molecule has 20 heavy (non-hydrogen) atoms. The summed E-state index contributed by atoms with van der Waals surface area (Å²) >= 11 is 0. The predicted octanol–water partition coefficient (Wildman–Crippen LogP) is 1.92. The van der Waals surface area contributed by atoms with Gasteiger partial charge in [-0.15, -0.1) is 0 Å². The molecule has 0 saturated carbocycles. The van der Waals surface area contributed by atoms with Gasteiger partial charge >= 0.3 is 6.18 Å². The average molecular weight is 289 g/mol. The lowest BCUT2D eigenvalue weighted by molar-refractivity contribution is -0.138. The van der Waals surface area contributed by atoms with Crippen molar-refractivity contribution >= 4 is 0 Å². The van der Waals surface area contributed by atoms with Crippen LogP contribution in [0.1, 0.15) is 12.1 Å². The number of nitrogens with zero attached hydrogens (tertiary/aromatic N) is 3. The second-order valence-corrected chi connectivity index (χ2v) is 5.01. The van der Waals surface area contributed by atoms with Crippen molar-refractivity contribution in [1.82, 2.24) is 14.9 Å². The van der Waals surface area contributed by atoms with E-state index in [2.05, 4.69) is 9.97 Å². The largest absolute Gasteiger partial charge is 0.390 e. The summed E-state index contributed by atoms with van der Waals surface area (Å²) in [4.78, 5) is 9.82. The van der Waals surface area contributed by atoms with E-state index in [9.17, 15) is 13.2 Å². The van der Waals surface area contributed by atoms with E-state index in [4.69, 9.17) is 4.74 Å². The van der Waals surface area contributed by atoms with Gasteiger partial charge in [0.25, 0.3) is 0 Å². The molecule has 4 nitrogen and oxygen atoms in total. The SMILES string of the molecule is FC(F)(F)CCN1CCOC[C@@H](Cc2ccncn2)C1. The highest BCUT2D eigenvalue weighted by molar-refractivity contribution is 4.99. The maximum atomic E-state index is 12.3. The van der Waals surface area contributed by atoms with Crippen LogP contribution in [0.25, 0.3) is 0 Å². The molecular formula is C13H18F3N3O. The minimum absolute atomic E-state index is 0.0349. The zero-order valence-electron chi connectivity index (χ0n) is 11.1. The van der Waals surface area contributed by atoms with Crippen molar-refractivity contribution in [3.05, 3.63) is 24.3 Å². The van der Waals surface area contributed by atoms with Crippen molar-refractivity contribution < 1.29 is 17.9 Å². The number of alkyl halides is 3. The van der Waals surface area contributed by atoms with Crippen LogP contribution in [0, 0.1) is 5.92 Å². The van der Waals surface area contributed by atoms with E-state index in [1.807, 2.05) is 11.0 Å². The first-order valence-corrected chi connectivity index (χ1v) is 6.65. The average Bonchev–Trinajstić information content (AvgIpc) is 2.62. The van der Waals surface area contributed by atoms with E-state index in [-0.39, 0.29) is 12.5 Å². The van der Waals surface area contributed by atoms with Crippen LogP contribution in [0.4, 0.5) is 13.2 Å². The molecule has 0 N–H and O–H groups in total. The fourth-order valence-electron chi connectivity index (χ4n) is 2.30. The summed E-state index contributed by atoms with van der Waals surface area (Å²) in [5.74, 6) is 0.167. The smallest absolute Gasteiger partial charge is 0.380 e. The molecule has 0 aromatic carbocycles. The molecule has 0 bridgehead atoms. The maximum absolute atomic E-state index is 12.3. The van der Waals surface area contributed by atoms with E-state index in [1.165, 1.54) is 6.33 Å². The molecule has 1 aromatic rings. The summed E-state index contributed by atoms with van der Waals surface area (Å²) in [6.45, 7) is 2.24. The Kier molecular flexibility index (Phi) is 5.31. The molecular weight excluding hydrogens is 271 g/mol. The van der Waals surface area contributed by atoms with Crippen LogP contribution >= 0.6 is 0 Å². The number of halogens is 3. The lowest BCUT2D eigenvalue weighted by atomic mass is 10.0. The molecule has 1 saturated heterocycles. The summed E-state index contributed by atoms with van der Waals surface area (Å²) in [6, 6.07) is 1.82. The lowest BCUT2D eigenvalue weighted by Gasteiger charge is -2.23. The third kappa shape index (κ3) is 5.42. The highest BCUT2D eigenvalue weighted by Gasteiger charge is 2.29. The van der Waals surface area contributed by atoms with E-state index < -0.39 is 12.6 Å². The molecule has 1 aliphatic heterocycles. The number of rotatable bonds is 4. The lowest BCUT2D eigenvalue weighted by Crippen LogP contribution is -2.34. The van der Waals surface area contributed by atoms with Crippen molar-refractivity contribution in [3.63, 3.8) is 0 Å². The molecule has 0 radical (unpaired) electrons. The maximum Gasteiger partial charge on any atom is 0.390 e. The van der Waals surface area contributed by atoms with Crippen molar-refractivity contribution in [1.29, 1.82) is 0 Å². The summed E-state index contributed by atoms with van der Waals surface area (Å²) < 4.78 is 42.3. The summed E-state index contributed by atoms with van der Waals surface area (Å²) in [6.07, 6.45) is -1.02. The van der Waals surface area contributed by atoms with Crippen LogP contribution in [0.15, 0.2) is 18.6 Å². The molecule has 0 amide bonds. The number of aromatic nitrogens is 2. The van der Waals surface area contributed by atoms with Gasteiger partial charge in [0, 0.05) is 37.4 Å². The Labute approximate surface area is 116 Å². The number of hydrogen-bond donors (Lipinski definition) is 0. The Morgan fingerprint density at radius 3 is 2.95 bits per heavy atom. The van der Waals surface area contributed by atoms with E-state index in [1.54, 1.807) is 6.20 Å². The highest BCUT2D eigenvalue weighted by atomic mass is 19.4.